The number of methoxy groups -OCH3 is 1. The fourth-order valence-electron chi connectivity index (χ4n) is 4.14. The molecule has 3 aromatic heterocycles. The van der Waals surface area contributed by atoms with E-state index in [9.17, 15) is 4.79 Å². The number of carbonyl (C=O) groups is 1. The first-order valence-corrected chi connectivity index (χ1v) is 11.5. The number of thiophene rings is 1. The van der Waals surface area contributed by atoms with Gasteiger partial charge in [-0.15, -0.1) is 0 Å². The lowest BCUT2D eigenvalue weighted by atomic mass is 9.97. The molecule has 32 heavy (non-hydrogen) atoms. The maximum Gasteiger partial charge on any atom is 0.186 e. The molecule has 4 aromatic rings. The number of hydrogen-bond acceptors (Lipinski definition) is 5. The number of hydrogen-bond donors (Lipinski definition) is 0. The molecule has 0 aliphatic heterocycles. The van der Waals surface area contributed by atoms with Gasteiger partial charge >= 0.3 is 0 Å². The quantitative estimate of drug-likeness (QED) is 0.263. The normalized spacial score (nSPS) is 12.8. The first-order valence-electron chi connectivity index (χ1n) is 10.6. The van der Waals surface area contributed by atoms with Crippen LogP contribution in [-0.4, -0.2) is 22.9 Å². The number of carbonyl (C=O) groups excluding carboxylic acids is 1. The van der Waals surface area contributed by atoms with Crippen LogP contribution in [0.25, 0.3) is 28.6 Å². The van der Waals surface area contributed by atoms with E-state index in [0.29, 0.717) is 5.56 Å². The molecule has 0 bridgehead atoms. The lowest BCUT2D eigenvalue weighted by Crippen LogP contribution is -1.98. The van der Waals surface area contributed by atoms with Crippen molar-refractivity contribution in [1.82, 2.24) is 9.97 Å². The molecule has 0 unspecified atom stereocenters. The van der Waals surface area contributed by atoms with Gasteiger partial charge in [0.15, 0.2) is 5.78 Å². The first kappa shape index (κ1) is 20.3. The van der Waals surface area contributed by atoms with E-state index < -0.39 is 0 Å². The van der Waals surface area contributed by atoms with Gasteiger partial charge in [-0.25, -0.2) is 0 Å². The minimum atomic E-state index is 0.00364. The monoisotopic (exact) mass is 438 g/mol. The van der Waals surface area contributed by atoms with Crippen molar-refractivity contribution in [2.24, 2.45) is 0 Å². The molecule has 5 rings (SSSR count). The highest BCUT2D eigenvalue weighted by Gasteiger charge is 2.22. The number of fused-ring (bicyclic) bond motifs is 1. The predicted octanol–water partition coefficient (Wildman–Crippen LogP) is 6.27. The zero-order valence-electron chi connectivity index (χ0n) is 17.7. The van der Waals surface area contributed by atoms with Gasteiger partial charge < -0.3 is 4.74 Å². The van der Waals surface area contributed by atoms with Gasteiger partial charge in [-0.1, -0.05) is 18.2 Å². The van der Waals surface area contributed by atoms with Crippen LogP contribution in [0.1, 0.15) is 33.5 Å². The molecule has 1 aliphatic carbocycles. The number of ether oxygens (including phenoxy) is 1. The molecule has 4 nitrogen and oxygen atoms in total. The van der Waals surface area contributed by atoms with Crippen molar-refractivity contribution in [3.63, 3.8) is 0 Å². The van der Waals surface area contributed by atoms with Crippen molar-refractivity contribution in [3.8, 4) is 28.3 Å². The Morgan fingerprint density at radius 1 is 1.00 bits per heavy atom. The summed E-state index contributed by atoms with van der Waals surface area (Å²) in [5.41, 5.74) is 8.44. The summed E-state index contributed by atoms with van der Waals surface area (Å²) in [4.78, 5) is 21.6. The Morgan fingerprint density at radius 2 is 1.84 bits per heavy atom. The van der Waals surface area contributed by atoms with E-state index in [0.717, 1.165) is 47.5 Å². The Hall–Kier alpha value is -3.57. The maximum absolute atomic E-state index is 12.2. The van der Waals surface area contributed by atoms with Crippen LogP contribution in [-0.2, 0) is 12.8 Å². The number of aromatic nitrogens is 2. The maximum atomic E-state index is 12.2. The Kier molecular flexibility index (Phi) is 5.65. The molecule has 0 saturated carbocycles. The third-order valence-electron chi connectivity index (χ3n) is 5.81. The lowest BCUT2D eigenvalue weighted by Gasteiger charge is -2.13. The average molecular weight is 439 g/mol. The van der Waals surface area contributed by atoms with Crippen LogP contribution < -0.4 is 4.74 Å². The van der Waals surface area contributed by atoms with E-state index in [1.54, 1.807) is 25.5 Å². The number of benzene rings is 1. The van der Waals surface area contributed by atoms with Crippen molar-refractivity contribution in [2.45, 2.75) is 19.3 Å². The second kappa shape index (κ2) is 8.89. The number of nitrogens with zero attached hydrogens (tertiary/aromatic N) is 2. The van der Waals surface area contributed by atoms with Gasteiger partial charge in [0, 0.05) is 28.9 Å². The second-order valence-corrected chi connectivity index (χ2v) is 8.53. The Bertz CT molecular complexity index is 1270. The third-order valence-corrected chi connectivity index (χ3v) is 6.50. The Labute approximate surface area is 191 Å². The van der Waals surface area contributed by atoms with Gasteiger partial charge in [0.2, 0.25) is 0 Å². The number of ketones is 1. The number of allylic oxidation sites excluding steroid dienone is 1. The molecular weight excluding hydrogens is 416 g/mol. The molecule has 5 heteroatoms. The van der Waals surface area contributed by atoms with Crippen LogP contribution >= 0.6 is 11.3 Å². The molecule has 1 aromatic carbocycles. The zero-order valence-corrected chi connectivity index (χ0v) is 18.6. The SMILES string of the molecule is COc1ccc(-c2cnc(-c3ccc(/C=C/C(=O)c4ccsc4)cn3)c3c2CCC3)cc1. The number of rotatable bonds is 6. The van der Waals surface area contributed by atoms with Gasteiger partial charge in [-0.2, -0.15) is 11.3 Å². The minimum absolute atomic E-state index is 0.00364. The fourth-order valence-corrected chi connectivity index (χ4v) is 4.79. The predicted molar refractivity (Wildman–Crippen MR) is 129 cm³/mol. The lowest BCUT2D eigenvalue weighted by molar-refractivity contribution is 0.104. The molecule has 0 atom stereocenters. The van der Waals surface area contributed by atoms with Crippen molar-refractivity contribution < 1.29 is 9.53 Å². The van der Waals surface area contributed by atoms with Crippen LogP contribution in [0.3, 0.4) is 0 Å². The molecule has 1 aliphatic rings. The highest BCUT2D eigenvalue weighted by Crippen LogP contribution is 2.37. The summed E-state index contributed by atoms with van der Waals surface area (Å²) in [6.07, 6.45) is 10.4. The summed E-state index contributed by atoms with van der Waals surface area (Å²) in [5, 5.41) is 3.76. The standard InChI is InChI=1S/C27H22N2O2S/c1-31-21-9-7-19(8-10-21)24-16-29-27(23-4-2-3-22(23)24)25-11-5-18(15-28-25)6-12-26(30)20-13-14-32-17-20/h5-17H,2-4H2,1H3/b12-6+. The second-order valence-electron chi connectivity index (χ2n) is 7.75. The van der Waals surface area contributed by atoms with Crippen molar-refractivity contribution in [2.75, 3.05) is 7.11 Å². The van der Waals surface area contributed by atoms with E-state index in [1.165, 1.54) is 28.0 Å². The highest BCUT2D eigenvalue weighted by molar-refractivity contribution is 7.08. The summed E-state index contributed by atoms with van der Waals surface area (Å²) in [6, 6.07) is 14.0. The van der Waals surface area contributed by atoms with Gasteiger partial charge in [0.1, 0.15) is 5.75 Å². The molecule has 0 fully saturated rings. The van der Waals surface area contributed by atoms with Gasteiger partial charge in [0.25, 0.3) is 0 Å². The molecular formula is C27H22N2O2S. The molecule has 0 N–H and O–H groups in total. The van der Waals surface area contributed by atoms with Crippen molar-refractivity contribution >= 4 is 23.2 Å². The van der Waals surface area contributed by atoms with Crippen molar-refractivity contribution in [1.29, 1.82) is 0 Å². The van der Waals surface area contributed by atoms with E-state index >= 15 is 0 Å². The molecule has 158 valence electrons. The topological polar surface area (TPSA) is 52.1 Å². The summed E-state index contributed by atoms with van der Waals surface area (Å²) in [7, 11) is 1.68. The van der Waals surface area contributed by atoms with Crippen molar-refractivity contribution in [3.05, 3.63) is 93.9 Å². The summed E-state index contributed by atoms with van der Waals surface area (Å²) >= 11 is 1.52. The minimum Gasteiger partial charge on any atom is -0.497 e. The fraction of sp³-hybridized carbons (Fsp3) is 0.148. The third kappa shape index (κ3) is 3.99. The zero-order chi connectivity index (χ0) is 21.9. The Balaban J connectivity index is 1.41. The molecule has 0 saturated heterocycles. The molecule has 0 radical (unpaired) electrons. The Morgan fingerprint density at radius 3 is 2.56 bits per heavy atom. The van der Waals surface area contributed by atoms with Crippen LogP contribution in [0.2, 0.25) is 0 Å². The summed E-state index contributed by atoms with van der Waals surface area (Å²) in [6.45, 7) is 0. The first-order chi connectivity index (χ1) is 15.7. The van der Waals surface area contributed by atoms with E-state index in [4.69, 9.17) is 9.72 Å². The van der Waals surface area contributed by atoms with E-state index in [1.807, 2.05) is 47.3 Å². The largest absolute Gasteiger partial charge is 0.497 e. The highest BCUT2D eigenvalue weighted by atomic mass is 32.1. The van der Waals surface area contributed by atoms with Crippen LogP contribution in [0.5, 0.6) is 5.75 Å². The van der Waals surface area contributed by atoms with Crippen LogP contribution in [0.4, 0.5) is 0 Å². The van der Waals surface area contributed by atoms with Crippen LogP contribution in [0.15, 0.2) is 71.7 Å². The van der Waals surface area contributed by atoms with E-state index in [2.05, 4.69) is 17.1 Å². The van der Waals surface area contributed by atoms with Gasteiger partial charge in [-0.3, -0.25) is 14.8 Å². The van der Waals surface area contributed by atoms with Crippen LogP contribution in [0, 0.1) is 0 Å². The average Bonchev–Trinajstić information content (AvgIpc) is 3.55. The molecule has 0 amide bonds. The van der Waals surface area contributed by atoms with Gasteiger partial charge in [-0.05, 0) is 83.3 Å². The van der Waals surface area contributed by atoms with E-state index in [-0.39, 0.29) is 5.78 Å². The molecule has 3 heterocycles. The number of pyridine rings is 2. The smallest absolute Gasteiger partial charge is 0.186 e. The summed E-state index contributed by atoms with van der Waals surface area (Å²) < 4.78 is 5.29. The summed E-state index contributed by atoms with van der Waals surface area (Å²) in [5.74, 6) is 0.856. The molecule has 0 spiro atoms. The van der Waals surface area contributed by atoms with Gasteiger partial charge in [0.05, 0.1) is 18.5 Å².